The summed E-state index contributed by atoms with van der Waals surface area (Å²) in [4.78, 5) is 27.2. The van der Waals surface area contributed by atoms with Gasteiger partial charge < -0.3 is 9.47 Å². The number of aryl methyl sites for hydroxylation is 1. The molecule has 0 N–H and O–H groups in total. The smallest absolute Gasteiger partial charge is 0.343 e. The van der Waals surface area contributed by atoms with Crippen LogP contribution in [-0.4, -0.2) is 23.3 Å². The minimum atomic E-state index is -0.495. The first-order valence-corrected chi connectivity index (χ1v) is 11.1. The zero-order valence-electron chi connectivity index (χ0n) is 17.7. The van der Waals surface area contributed by atoms with Gasteiger partial charge >= 0.3 is 5.97 Å². The molecular formula is C25H18FNO4S2. The molecule has 0 atom stereocenters. The van der Waals surface area contributed by atoms with Crippen LogP contribution in [0.2, 0.25) is 0 Å². The predicted octanol–water partition coefficient (Wildman–Crippen LogP) is 5.77. The van der Waals surface area contributed by atoms with Gasteiger partial charge in [0.2, 0.25) is 0 Å². The van der Waals surface area contributed by atoms with Gasteiger partial charge in [0.15, 0.2) is 15.8 Å². The van der Waals surface area contributed by atoms with E-state index in [4.69, 9.17) is 21.7 Å². The summed E-state index contributed by atoms with van der Waals surface area (Å²) in [5.41, 5.74) is 2.55. The van der Waals surface area contributed by atoms with Gasteiger partial charge in [0.25, 0.3) is 5.91 Å². The van der Waals surface area contributed by atoms with Gasteiger partial charge in [-0.2, -0.15) is 0 Å². The van der Waals surface area contributed by atoms with E-state index >= 15 is 0 Å². The lowest BCUT2D eigenvalue weighted by atomic mass is 10.1. The van der Waals surface area contributed by atoms with Crippen molar-refractivity contribution in [1.29, 1.82) is 0 Å². The fourth-order valence-corrected chi connectivity index (χ4v) is 4.52. The molecule has 5 nitrogen and oxygen atoms in total. The highest BCUT2D eigenvalue weighted by Gasteiger charge is 2.33. The average molecular weight is 480 g/mol. The van der Waals surface area contributed by atoms with Gasteiger partial charge in [-0.05, 0) is 67.1 Å². The van der Waals surface area contributed by atoms with Crippen LogP contribution in [0.5, 0.6) is 11.5 Å². The maximum Gasteiger partial charge on any atom is 0.343 e. The number of carbonyl (C=O) groups excluding carboxylic acids is 2. The fourth-order valence-electron chi connectivity index (χ4n) is 3.22. The van der Waals surface area contributed by atoms with E-state index in [9.17, 15) is 14.0 Å². The van der Waals surface area contributed by atoms with Gasteiger partial charge in [0.1, 0.15) is 5.82 Å². The van der Waals surface area contributed by atoms with Crippen molar-refractivity contribution in [2.45, 2.75) is 6.92 Å². The predicted molar refractivity (Wildman–Crippen MR) is 131 cm³/mol. The van der Waals surface area contributed by atoms with Crippen LogP contribution in [0.4, 0.5) is 10.1 Å². The molecule has 1 amide bonds. The van der Waals surface area contributed by atoms with Crippen LogP contribution in [0.1, 0.15) is 21.5 Å². The molecule has 166 valence electrons. The molecule has 3 aromatic rings. The molecule has 1 saturated heterocycles. The summed E-state index contributed by atoms with van der Waals surface area (Å²) in [5, 5.41) is 0. The van der Waals surface area contributed by atoms with Crippen molar-refractivity contribution in [2.24, 2.45) is 0 Å². The average Bonchev–Trinajstić information content (AvgIpc) is 3.08. The summed E-state index contributed by atoms with van der Waals surface area (Å²) in [6.45, 7) is 1.89. The Morgan fingerprint density at radius 3 is 2.52 bits per heavy atom. The molecule has 33 heavy (non-hydrogen) atoms. The van der Waals surface area contributed by atoms with Crippen LogP contribution in [0.15, 0.2) is 71.6 Å². The topological polar surface area (TPSA) is 55.8 Å². The second-order valence-electron chi connectivity index (χ2n) is 7.16. The molecule has 0 saturated carbocycles. The summed E-state index contributed by atoms with van der Waals surface area (Å²) in [6.07, 6.45) is 1.68. The van der Waals surface area contributed by atoms with Crippen molar-refractivity contribution in [3.8, 4) is 11.5 Å². The molecule has 1 fully saturated rings. The molecule has 1 aliphatic heterocycles. The van der Waals surface area contributed by atoms with E-state index in [2.05, 4.69) is 0 Å². The number of thioether (sulfide) groups is 1. The minimum absolute atomic E-state index is 0.264. The number of thiocarbonyl (C=S) groups is 1. The summed E-state index contributed by atoms with van der Waals surface area (Å²) < 4.78 is 24.5. The molecule has 4 rings (SSSR count). The van der Waals surface area contributed by atoms with E-state index in [0.29, 0.717) is 31.8 Å². The summed E-state index contributed by atoms with van der Waals surface area (Å²) in [7, 11) is 1.47. The second kappa shape index (κ2) is 9.56. The first kappa shape index (κ1) is 22.7. The molecule has 0 bridgehead atoms. The third-order valence-electron chi connectivity index (χ3n) is 4.82. The Hall–Kier alpha value is -3.49. The van der Waals surface area contributed by atoms with Gasteiger partial charge in [0, 0.05) is 0 Å². The fraction of sp³-hybridized carbons (Fsp3) is 0.0800. The lowest BCUT2D eigenvalue weighted by Crippen LogP contribution is -2.27. The van der Waals surface area contributed by atoms with Crippen LogP contribution in [-0.2, 0) is 4.79 Å². The number of carbonyl (C=O) groups is 2. The highest BCUT2D eigenvalue weighted by Crippen LogP contribution is 2.37. The first-order valence-electron chi connectivity index (χ1n) is 9.86. The van der Waals surface area contributed by atoms with Crippen molar-refractivity contribution in [1.82, 2.24) is 0 Å². The Labute approximate surface area is 199 Å². The number of ether oxygens (including phenoxy) is 2. The molecule has 0 radical (unpaired) electrons. The number of methoxy groups -OCH3 is 1. The highest BCUT2D eigenvalue weighted by atomic mass is 32.2. The summed E-state index contributed by atoms with van der Waals surface area (Å²) >= 11 is 6.50. The first-order chi connectivity index (χ1) is 15.9. The molecule has 0 spiro atoms. The standard InChI is InChI=1S/C25H18FNO4S2/c1-15-4-3-5-17(12-15)24(29)31-20-11-6-16(13-21(20)30-2)14-22-23(28)27(25(32)33-22)19-9-7-18(26)8-10-19/h3-14H,1-2H3/b22-14-. The number of amides is 1. The Bertz CT molecular complexity index is 1290. The second-order valence-corrected chi connectivity index (χ2v) is 8.84. The maximum atomic E-state index is 13.2. The minimum Gasteiger partial charge on any atom is -0.493 e. The molecule has 0 aromatic heterocycles. The van der Waals surface area contributed by atoms with Gasteiger partial charge in [-0.25, -0.2) is 9.18 Å². The van der Waals surface area contributed by atoms with Gasteiger partial charge in [-0.15, -0.1) is 0 Å². The number of esters is 1. The molecule has 8 heteroatoms. The number of halogens is 1. The van der Waals surface area contributed by atoms with Gasteiger partial charge in [-0.3, -0.25) is 9.69 Å². The third-order valence-corrected chi connectivity index (χ3v) is 6.12. The molecular weight excluding hydrogens is 461 g/mol. The van der Waals surface area contributed by atoms with Crippen LogP contribution in [0.25, 0.3) is 6.08 Å². The van der Waals surface area contributed by atoms with E-state index < -0.39 is 11.8 Å². The Balaban J connectivity index is 1.56. The van der Waals surface area contributed by atoms with Crippen molar-refractivity contribution in [2.75, 3.05) is 12.0 Å². The molecule has 0 aliphatic carbocycles. The van der Waals surface area contributed by atoms with E-state index in [1.165, 1.54) is 36.3 Å². The molecule has 0 unspecified atom stereocenters. The normalized spacial score (nSPS) is 14.6. The van der Waals surface area contributed by atoms with Gasteiger partial charge in [-0.1, -0.05) is 47.7 Å². The van der Waals surface area contributed by atoms with Crippen molar-refractivity contribution in [3.63, 3.8) is 0 Å². The van der Waals surface area contributed by atoms with E-state index in [0.717, 1.165) is 17.3 Å². The maximum absolute atomic E-state index is 13.2. The van der Waals surface area contributed by atoms with Crippen molar-refractivity contribution < 1.29 is 23.5 Å². The number of nitrogens with zero attached hydrogens (tertiary/aromatic N) is 1. The van der Waals surface area contributed by atoms with Crippen LogP contribution >= 0.6 is 24.0 Å². The van der Waals surface area contributed by atoms with E-state index in [-0.39, 0.29) is 11.7 Å². The highest BCUT2D eigenvalue weighted by molar-refractivity contribution is 8.27. The van der Waals surface area contributed by atoms with E-state index in [1.807, 2.05) is 13.0 Å². The molecule has 3 aromatic carbocycles. The summed E-state index contributed by atoms with van der Waals surface area (Å²) in [5.74, 6) is -0.579. The van der Waals surface area contributed by atoms with E-state index in [1.54, 1.807) is 42.5 Å². The Morgan fingerprint density at radius 2 is 1.82 bits per heavy atom. The van der Waals surface area contributed by atoms with Crippen LogP contribution in [0.3, 0.4) is 0 Å². The zero-order valence-corrected chi connectivity index (χ0v) is 19.3. The number of rotatable bonds is 5. The number of hydrogen-bond donors (Lipinski definition) is 0. The number of hydrogen-bond acceptors (Lipinski definition) is 6. The largest absolute Gasteiger partial charge is 0.493 e. The molecule has 1 heterocycles. The zero-order chi connectivity index (χ0) is 23.5. The molecule has 1 aliphatic rings. The monoisotopic (exact) mass is 479 g/mol. The van der Waals surface area contributed by atoms with Gasteiger partial charge in [0.05, 0.1) is 23.3 Å². The van der Waals surface area contributed by atoms with Crippen LogP contribution in [0, 0.1) is 12.7 Å². The van der Waals surface area contributed by atoms with Crippen LogP contribution < -0.4 is 14.4 Å². The third kappa shape index (κ3) is 4.97. The lowest BCUT2D eigenvalue weighted by molar-refractivity contribution is -0.113. The SMILES string of the molecule is COc1cc(/C=C2\SC(=S)N(c3ccc(F)cc3)C2=O)ccc1OC(=O)c1cccc(C)c1. The van der Waals surface area contributed by atoms with Crippen molar-refractivity contribution in [3.05, 3.63) is 94.1 Å². The summed E-state index contributed by atoms with van der Waals surface area (Å²) in [6, 6.07) is 17.7. The number of anilines is 1. The Morgan fingerprint density at radius 1 is 1.06 bits per heavy atom. The lowest BCUT2D eigenvalue weighted by Gasteiger charge is -2.14. The number of benzene rings is 3. The quantitative estimate of drug-likeness (QED) is 0.201. The van der Waals surface area contributed by atoms with Crippen molar-refractivity contribution >= 4 is 51.9 Å². The Kier molecular flexibility index (Phi) is 6.57.